The van der Waals surface area contributed by atoms with Gasteiger partial charge in [0, 0.05) is 18.2 Å². The summed E-state index contributed by atoms with van der Waals surface area (Å²) >= 11 is 0. The second-order valence-electron chi connectivity index (χ2n) is 5.11. The highest BCUT2D eigenvalue weighted by Gasteiger charge is 2.22. The largest absolute Gasteiger partial charge is 0.496 e. The van der Waals surface area contributed by atoms with Gasteiger partial charge in [0.25, 0.3) is 0 Å². The van der Waals surface area contributed by atoms with E-state index in [2.05, 4.69) is 26.0 Å². The normalized spacial score (nSPS) is 21.0. The third-order valence-corrected chi connectivity index (χ3v) is 3.85. The molecule has 0 radical (unpaired) electrons. The van der Waals surface area contributed by atoms with Gasteiger partial charge in [-0.05, 0) is 44.2 Å². The lowest BCUT2D eigenvalue weighted by Gasteiger charge is -2.21. The van der Waals surface area contributed by atoms with E-state index in [9.17, 15) is 0 Å². The van der Waals surface area contributed by atoms with Crippen molar-refractivity contribution in [1.82, 2.24) is 0 Å². The third-order valence-electron chi connectivity index (χ3n) is 3.85. The summed E-state index contributed by atoms with van der Waals surface area (Å²) in [6.07, 6.45) is 3.47. The molecule has 0 saturated carbocycles. The molecule has 3 nitrogen and oxygen atoms in total. The molecule has 2 N–H and O–H groups in total. The minimum absolute atomic E-state index is 0.0117. The maximum atomic E-state index is 6.31. The number of aryl methyl sites for hydroxylation is 1. The van der Waals surface area contributed by atoms with Crippen molar-refractivity contribution in [3.05, 3.63) is 28.8 Å². The lowest BCUT2D eigenvalue weighted by Crippen LogP contribution is -2.19. The smallest absolute Gasteiger partial charge is 0.126 e. The molecule has 0 aliphatic carbocycles. The first-order valence-electron chi connectivity index (χ1n) is 6.64. The maximum Gasteiger partial charge on any atom is 0.126 e. The highest BCUT2D eigenvalue weighted by molar-refractivity contribution is 5.46. The fourth-order valence-corrected chi connectivity index (χ4v) is 2.61. The van der Waals surface area contributed by atoms with Crippen LogP contribution in [0.2, 0.25) is 0 Å². The van der Waals surface area contributed by atoms with Crippen molar-refractivity contribution in [2.75, 3.05) is 13.7 Å². The van der Waals surface area contributed by atoms with Gasteiger partial charge in [-0.25, -0.2) is 0 Å². The molecule has 2 rings (SSSR count). The van der Waals surface area contributed by atoms with Gasteiger partial charge in [0.1, 0.15) is 5.75 Å². The predicted molar refractivity (Wildman–Crippen MR) is 73.0 cm³/mol. The van der Waals surface area contributed by atoms with E-state index >= 15 is 0 Å². The Morgan fingerprint density at radius 1 is 1.44 bits per heavy atom. The number of rotatable bonds is 4. The minimum Gasteiger partial charge on any atom is -0.496 e. The number of methoxy groups -OCH3 is 1. The van der Waals surface area contributed by atoms with Crippen molar-refractivity contribution < 1.29 is 9.47 Å². The Balaban J connectivity index is 2.18. The summed E-state index contributed by atoms with van der Waals surface area (Å²) in [5, 5.41) is 0. The van der Waals surface area contributed by atoms with Crippen molar-refractivity contribution in [2.24, 2.45) is 5.73 Å². The van der Waals surface area contributed by atoms with Crippen molar-refractivity contribution in [2.45, 2.75) is 45.3 Å². The zero-order chi connectivity index (χ0) is 13.1. The molecule has 18 heavy (non-hydrogen) atoms. The number of hydrogen-bond acceptors (Lipinski definition) is 3. The van der Waals surface area contributed by atoms with Gasteiger partial charge in [-0.15, -0.1) is 0 Å². The summed E-state index contributed by atoms with van der Waals surface area (Å²) in [6.45, 7) is 5.05. The van der Waals surface area contributed by atoms with E-state index in [0.717, 1.165) is 37.2 Å². The monoisotopic (exact) mass is 249 g/mol. The van der Waals surface area contributed by atoms with Crippen LogP contribution in [-0.4, -0.2) is 19.8 Å². The fraction of sp³-hybridized carbons (Fsp3) is 0.600. The minimum atomic E-state index is -0.0117. The van der Waals surface area contributed by atoms with Crippen LogP contribution in [0.15, 0.2) is 12.1 Å². The van der Waals surface area contributed by atoms with Gasteiger partial charge >= 0.3 is 0 Å². The molecule has 0 bridgehead atoms. The lowest BCUT2D eigenvalue weighted by molar-refractivity contribution is 0.0981. The van der Waals surface area contributed by atoms with E-state index in [4.69, 9.17) is 15.2 Å². The molecule has 1 aromatic carbocycles. The summed E-state index contributed by atoms with van der Waals surface area (Å²) in [5.41, 5.74) is 9.82. The van der Waals surface area contributed by atoms with Crippen molar-refractivity contribution >= 4 is 0 Å². The van der Waals surface area contributed by atoms with Crippen LogP contribution in [0.25, 0.3) is 0 Å². The lowest BCUT2D eigenvalue weighted by atomic mass is 9.95. The first kappa shape index (κ1) is 13.4. The zero-order valence-corrected chi connectivity index (χ0v) is 11.5. The maximum absolute atomic E-state index is 6.31. The predicted octanol–water partition coefficient (Wildman–Crippen LogP) is 2.88. The third kappa shape index (κ3) is 2.68. The summed E-state index contributed by atoms with van der Waals surface area (Å²) in [4.78, 5) is 0. The molecular formula is C15H23NO2. The van der Waals surface area contributed by atoms with Gasteiger partial charge in [0.15, 0.2) is 0 Å². The fourth-order valence-electron chi connectivity index (χ4n) is 2.61. The van der Waals surface area contributed by atoms with Gasteiger partial charge < -0.3 is 15.2 Å². The van der Waals surface area contributed by atoms with Gasteiger partial charge in [-0.3, -0.25) is 0 Å². The van der Waals surface area contributed by atoms with Crippen LogP contribution < -0.4 is 10.5 Å². The first-order chi connectivity index (χ1) is 8.63. The van der Waals surface area contributed by atoms with Gasteiger partial charge in [0.2, 0.25) is 0 Å². The van der Waals surface area contributed by atoms with Crippen LogP contribution in [0, 0.1) is 13.8 Å². The quantitative estimate of drug-likeness (QED) is 0.892. The van der Waals surface area contributed by atoms with Gasteiger partial charge in [-0.2, -0.15) is 0 Å². The second-order valence-corrected chi connectivity index (χ2v) is 5.11. The van der Waals surface area contributed by atoms with E-state index in [1.54, 1.807) is 7.11 Å². The van der Waals surface area contributed by atoms with Crippen molar-refractivity contribution in [3.63, 3.8) is 0 Å². The van der Waals surface area contributed by atoms with Crippen LogP contribution in [-0.2, 0) is 4.74 Å². The number of hydrogen-bond donors (Lipinski definition) is 1. The Bertz CT molecular complexity index is 411. The van der Waals surface area contributed by atoms with E-state index in [1.165, 1.54) is 11.1 Å². The molecule has 2 atom stereocenters. The van der Waals surface area contributed by atoms with Gasteiger partial charge in [-0.1, -0.05) is 12.1 Å². The highest BCUT2D eigenvalue weighted by atomic mass is 16.5. The molecule has 1 aliphatic rings. The second kappa shape index (κ2) is 5.72. The molecule has 0 aromatic heterocycles. The first-order valence-corrected chi connectivity index (χ1v) is 6.64. The van der Waals surface area contributed by atoms with Crippen molar-refractivity contribution in [1.29, 1.82) is 0 Å². The van der Waals surface area contributed by atoms with E-state index in [1.807, 2.05) is 0 Å². The molecule has 1 heterocycles. The average molecular weight is 249 g/mol. The van der Waals surface area contributed by atoms with Crippen LogP contribution >= 0.6 is 0 Å². The molecule has 1 fully saturated rings. The molecule has 1 aliphatic heterocycles. The molecule has 1 saturated heterocycles. The molecule has 3 heteroatoms. The molecular weight excluding hydrogens is 226 g/mol. The van der Waals surface area contributed by atoms with Crippen molar-refractivity contribution in [3.8, 4) is 5.75 Å². The van der Waals surface area contributed by atoms with E-state index in [-0.39, 0.29) is 6.04 Å². The molecule has 1 aromatic rings. The molecule has 100 valence electrons. The van der Waals surface area contributed by atoms with E-state index < -0.39 is 0 Å². The Kier molecular flexibility index (Phi) is 4.25. The van der Waals surface area contributed by atoms with Gasteiger partial charge in [0.05, 0.1) is 13.2 Å². The number of ether oxygens (including phenoxy) is 2. The standard InChI is InChI=1S/C15H23NO2/c1-10-6-7-13(15(17-3)11(10)2)14(16)9-12-5-4-8-18-12/h6-7,12,14H,4-5,8-9,16H2,1-3H3. The molecule has 0 spiro atoms. The van der Waals surface area contributed by atoms with Crippen LogP contribution in [0.3, 0.4) is 0 Å². The van der Waals surface area contributed by atoms with E-state index in [0.29, 0.717) is 6.10 Å². The molecule has 0 amide bonds. The molecule has 2 unspecified atom stereocenters. The summed E-state index contributed by atoms with van der Waals surface area (Å²) < 4.78 is 11.2. The summed E-state index contributed by atoms with van der Waals surface area (Å²) in [7, 11) is 1.71. The summed E-state index contributed by atoms with van der Waals surface area (Å²) in [6, 6.07) is 4.19. The van der Waals surface area contributed by atoms with Crippen LogP contribution in [0.5, 0.6) is 5.75 Å². The Morgan fingerprint density at radius 2 is 2.22 bits per heavy atom. The zero-order valence-electron chi connectivity index (χ0n) is 11.5. The van der Waals surface area contributed by atoms with Crippen LogP contribution in [0.4, 0.5) is 0 Å². The SMILES string of the molecule is COc1c(C(N)CC2CCCO2)ccc(C)c1C. The Hall–Kier alpha value is -1.06. The number of nitrogens with two attached hydrogens (primary N) is 1. The van der Waals surface area contributed by atoms with Crippen LogP contribution in [0.1, 0.15) is 42.0 Å². The topological polar surface area (TPSA) is 44.5 Å². The Morgan fingerprint density at radius 3 is 2.83 bits per heavy atom. The average Bonchev–Trinajstić information content (AvgIpc) is 2.85. The summed E-state index contributed by atoms with van der Waals surface area (Å²) in [5.74, 6) is 0.931. The highest BCUT2D eigenvalue weighted by Crippen LogP contribution is 2.33. The Labute approximate surface area is 109 Å². The number of benzene rings is 1.